The maximum Gasteiger partial charge on any atom is 0.164 e. The fourth-order valence-corrected chi connectivity index (χ4v) is 2.94. The molecule has 0 fully saturated rings. The lowest BCUT2D eigenvalue weighted by Crippen LogP contribution is -2.05. The van der Waals surface area contributed by atoms with Crippen LogP contribution in [0.15, 0.2) is 72.8 Å². The van der Waals surface area contributed by atoms with Crippen molar-refractivity contribution in [3.8, 4) is 17.2 Å². The standard InChI is InChI=1S/C21H20O3/c1-23-17-13-18(21(22)19(14-17)24-2)20(15-9-5-3-6-10-15)16-11-7-4-8-12-16/h3-14,20,22H,1-2H3. The van der Waals surface area contributed by atoms with Crippen LogP contribution in [0.1, 0.15) is 22.6 Å². The van der Waals surface area contributed by atoms with Crippen LogP contribution in [-0.2, 0) is 0 Å². The first-order valence-corrected chi connectivity index (χ1v) is 7.79. The molecule has 0 spiro atoms. The number of phenolic OH excluding ortho intramolecular Hbond substituents is 1. The molecule has 0 aliphatic rings. The van der Waals surface area contributed by atoms with E-state index in [1.807, 2.05) is 42.5 Å². The van der Waals surface area contributed by atoms with E-state index in [1.54, 1.807) is 13.2 Å². The molecule has 3 aromatic rings. The van der Waals surface area contributed by atoms with Gasteiger partial charge in [0, 0.05) is 17.5 Å². The minimum atomic E-state index is -0.114. The van der Waals surface area contributed by atoms with Gasteiger partial charge in [0.15, 0.2) is 11.5 Å². The third-order valence-corrected chi connectivity index (χ3v) is 4.11. The summed E-state index contributed by atoms with van der Waals surface area (Å²) in [7, 11) is 3.15. The molecule has 0 aromatic heterocycles. The van der Waals surface area contributed by atoms with Crippen LogP contribution in [-0.4, -0.2) is 19.3 Å². The summed E-state index contributed by atoms with van der Waals surface area (Å²) in [6.45, 7) is 0. The second kappa shape index (κ2) is 7.09. The van der Waals surface area contributed by atoms with Gasteiger partial charge >= 0.3 is 0 Å². The molecule has 0 unspecified atom stereocenters. The number of methoxy groups -OCH3 is 2. The van der Waals surface area contributed by atoms with Gasteiger partial charge < -0.3 is 14.6 Å². The minimum absolute atomic E-state index is 0.114. The number of phenols is 1. The van der Waals surface area contributed by atoms with Crippen molar-refractivity contribution in [2.45, 2.75) is 5.92 Å². The molecule has 24 heavy (non-hydrogen) atoms. The van der Waals surface area contributed by atoms with E-state index in [4.69, 9.17) is 9.47 Å². The highest BCUT2D eigenvalue weighted by atomic mass is 16.5. The third-order valence-electron chi connectivity index (χ3n) is 4.11. The van der Waals surface area contributed by atoms with E-state index in [9.17, 15) is 5.11 Å². The molecule has 3 nitrogen and oxygen atoms in total. The van der Waals surface area contributed by atoms with Gasteiger partial charge in [-0.25, -0.2) is 0 Å². The first kappa shape index (κ1) is 15.9. The molecule has 0 heterocycles. The van der Waals surface area contributed by atoms with Gasteiger partial charge in [-0.15, -0.1) is 0 Å². The van der Waals surface area contributed by atoms with Crippen molar-refractivity contribution < 1.29 is 14.6 Å². The fraction of sp³-hybridized carbons (Fsp3) is 0.143. The highest BCUT2D eigenvalue weighted by Gasteiger charge is 2.23. The number of hydrogen-bond donors (Lipinski definition) is 1. The summed E-state index contributed by atoms with van der Waals surface area (Å²) >= 11 is 0. The molecular weight excluding hydrogens is 300 g/mol. The normalized spacial score (nSPS) is 10.6. The number of ether oxygens (including phenoxy) is 2. The monoisotopic (exact) mass is 320 g/mol. The van der Waals surface area contributed by atoms with E-state index < -0.39 is 0 Å². The van der Waals surface area contributed by atoms with Crippen molar-refractivity contribution in [3.05, 3.63) is 89.5 Å². The summed E-state index contributed by atoms with van der Waals surface area (Å²) in [4.78, 5) is 0. The van der Waals surface area contributed by atoms with Crippen LogP contribution in [0, 0.1) is 0 Å². The zero-order chi connectivity index (χ0) is 16.9. The van der Waals surface area contributed by atoms with Crippen molar-refractivity contribution in [1.29, 1.82) is 0 Å². The number of rotatable bonds is 5. The first-order chi connectivity index (χ1) is 11.7. The quantitative estimate of drug-likeness (QED) is 0.699. The second-order valence-corrected chi connectivity index (χ2v) is 5.52. The lowest BCUT2D eigenvalue weighted by molar-refractivity contribution is 0.361. The molecule has 0 bridgehead atoms. The van der Waals surface area contributed by atoms with Crippen LogP contribution in [0.25, 0.3) is 0 Å². The van der Waals surface area contributed by atoms with Gasteiger partial charge in [-0.1, -0.05) is 60.7 Å². The maximum absolute atomic E-state index is 10.7. The van der Waals surface area contributed by atoms with Crippen LogP contribution in [0.4, 0.5) is 0 Å². The topological polar surface area (TPSA) is 38.7 Å². The third kappa shape index (κ3) is 3.06. The van der Waals surface area contributed by atoms with Gasteiger partial charge in [-0.2, -0.15) is 0 Å². The lowest BCUT2D eigenvalue weighted by Gasteiger charge is -2.21. The Bertz CT molecular complexity index is 759. The Labute approximate surface area is 142 Å². The lowest BCUT2D eigenvalue weighted by atomic mass is 9.84. The smallest absolute Gasteiger partial charge is 0.164 e. The zero-order valence-corrected chi connectivity index (χ0v) is 13.8. The highest BCUT2D eigenvalue weighted by Crippen LogP contribution is 2.43. The Kier molecular flexibility index (Phi) is 4.71. The summed E-state index contributed by atoms with van der Waals surface area (Å²) in [5.74, 6) is 1.07. The highest BCUT2D eigenvalue weighted by molar-refractivity contribution is 5.57. The van der Waals surface area contributed by atoms with Crippen LogP contribution in [0.5, 0.6) is 17.2 Å². The Morgan fingerprint density at radius 3 is 1.75 bits per heavy atom. The number of hydrogen-bond acceptors (Lipinski definition) is 3. The molecule has 0 saturated carbocycles. The van der Waals surface area contributed by atoms with Crippen molar-refractivity contribution in [3.63, 3.8) is 0 Å². The molecule has 0 radical (unpaired) electrons. The average molecular weight is 320 g/mol. The maximum atomic E-state index is 10.7. The number of benzene rings is 3. The Morgan fingerprint density at radius 2 is 1.29 bits per heavy atom. The molecule has 0 aliphatic heterocycles. The van der Waals surface area contributed by atoms with Crippen LogP contribution in [0.3, 0.4) is 0 Å². The van der Waals surface area contributed by atoms with Gasteiger partial charge in [-0.3, -0.25) is 0 Å². The number of aromatic hydroxyl groups is 1. The molecule has 0 aliphatic carbocycles. The van der Waals surface area contributed by atoms with Crippen LogP contribution < -0.4 is 9.47 Å². The van der Waals surface area contributed by atoms with E-state index in [0.29, 0.717) is 11.5 Å². The summed E-state index contributed by atoms with van der Waals surface area (Å²) in [6.07, 6.45) is 0. The average Bonchev–Trinajstić information content (AvgIpc) is 2.65. The molecule has 3 rings (SSSR count). The molecule has 122 valence electrons. The van der Waals surface area contributed by atoms with E-state index in [-0.39, 0.29) is 11.7 Å². The van der Waals surface area contributed by atoms with E-state index >= 15 is 0 Å². The van der Waals surface area contributed by atoms with Gasteiger partial charge in [0.1, 0.15) is 5.75 Å². The molecule has 0 amide bonds. The second-order valence-electron chi connectivity index (χ2n) is 5.52. The summed E-state index contributed by atoms with van der Waals surface area (Å²) in [5, 5.41) is 10.7. The van der Waals surface area contributed by atoms with Crippen LogP contribution in [0.2, 0.25) is 0 Å². The molecular formula is C21H20O3. The van der Waals surface area contributed by atoms with Crippen LogP contribution >= 0.6 is 0 Å². The summed E-state index contributed by atoms with van der Waals surface area (Å²) in [6, 6.07) is 23.8. The molecule has 0 atom stereocenters. The fourth-order valence-electron chi connectivity index (χ4n) is 2.94. The minimum Gasteiger partial charge on any atom is -0.504 e. The molecule has 0 saturated heterocycles. The molecule has 3 aromatic carbocycles. The van der Waals surface area contributed by atoms with Gasteiger partial charge in [0.25, 0.3) is 0 Å². The van der Waals surface area contributed by atoms with E-state index in [1.165, 1.54) is 7.11 Å². The molecule has 1 N–H and O–H groups in total. The Morgan fingerprint density at radius 1 is 0.750 bits per heavy atom. The van der Waals surface area contributed by atoms with Gasteiger partial charge in [0.2, 0.25) is 0 Å². The van der Waals surface area contributed by atoms with Crippen molar-refractivity contribution >= 4 is 0 Å². The van der Waals surface area contributed by atoms with E-state index in [0.717, 1.165) is 16.7 Å². The Hall–Kier alpha value is -2.94. The van der Waals surface area contributed by atoms with Crippen molar-refractivity contribution in [2.75, 3.05) is 14.2 Å². The zero-order valence-electron chi connectivity index (χ0n) is 13.8. The first-order valence-electron chi connectivity index (χ1n) is 7.79. The van der Waals surface area contributed by atoms with Crippen molar-refractivity contribution in [2.24, 2.45) is 0 Å². The van der Waals surface area contributed by atoms with E-state index in [2.05, 4.69) is 24.3 Å². The largest absolute Gasteiger partial charge is 0.504 e. The predicted octanol–water partition coefficient (Wildman–Crippen LogP) is 4.59. The SMILES string of the molecule is COc1cc(OC)c(O)c(C(c2ccccc2)c2ccccc2)c1. The molecule has 3 heteroatoms. The summed E-state index contributed by atoms with van der Waals surface area (Å²) < 4.78 is 10.7. The van der Waals surface area contributed by atoms with Gasteiger partial charge in [0.05, 0.1) is 14.2 Å². The van der Waals surface area contributed by atoms with Gasteiger partial charge in [-0.05, 0) is 17.2 Å². The van der Waals surface area contributed by atoms with Crippen molar-refractivity contribution in [1.82, 2.24) is 0 Å². The summed E-state index contributed by atoms with van der Waals surface area (Å²) in [5.41, 5.74) is 2.94. The predicted molar refractivity (Wildman–Crippen MR) is 95.0 cm³/mol. The Balaban J connectivity index is 2.24.